The van der Waals surface area contributed by atoms with Gasteiger partial charge in [-0.05, 0) is 62.1 Å². The number of nitrogens with one attached hydrogen (secondary N) is 1. The number of hydrogen-bond donors (Lipinski definition) is 1. The lowest BCUT2D eigenvalue weighted by Crippen LogP contribution is -2.46. The molecular weight excluding hydrogens is 262 g/mol. The highest BCUT2D eigenvalue weighted by molar-refractivity contribution is 7.11. The second-order valence-electron chi connectivity index (χ2n) is 7.31. The summed E-state index contributed by atoms with van der Waals surface area (Å²) in [6.45, 7) is 9.60. The van der Waals surface area contributed by atoms with Gasteiger partial charge in [0.05, 0.1) is 0 Å². The van der Waals surface area contributed by atoms with Crippen molar-refractivity contribution >= 4 is 11.3 Å². The first kappa shape index (κ1) is 16.0. The fourth-order valence-corrected chi connectivity index (χ4v) is 5.12. The Morgan fingerprint density at radius 3 is 2.55 bits per heavy atom. The van der Waals surface area contributed by atoms with Crippen molar-refractivity contribution in [3.8, 4) is 0 Å². The van der Waals surface area contributed by atoms with Crippen LogP contribution in [0.4, 0.5) is 0 Å². The van der Waals surface area contributed by atoms with Crippen molar-refractivity contribution in [2.75, 3.05) is 7.05 Å². The largest absolute Gasteiger partial charge is 0.317 e. The summed E-state index contributed by atoms with van der Waals surface area (Å²) in [5.41, 5.74) is 0.393. The summed E-state index contributed by atoms with van der Waals surface area (Å²) in [4.78, 5) is 3.10. The maximum atomic E-state index is 3.60. The van der Waals surface area contributed by atoms with Crippen LogP contribution in [-0.4, -0.2) is 13.1 Å². The first-order chi connectivity index (χ1) is 9.46. The predicted octanol–water partition coefficient (Wildman–Crippen LogP) is 4.90. The molecule has 1 aromatic heterocycles. The Morgan fingerprint density at radius 1 is 1.25 bits per heavy atom. The summed E-state index contributed by atoms with van der Waals surface area (Å²) in [6.07, 6.45) is 6.53. The molecule has 20 heavy (non-hydrogen) atoms. The van der Waals surface area contributed by atoms with Crippen LogP contribution in [0.25, 0.3) is 0 Å². The second-order valence-corrected chi connectivity index (χ2v) is 8.56. The molecule has 1 aliphatic rings. The minimum Gasteiger partial charge on any atom is -0.317 e. The van der Waals surface area contributed by atoms with Gasteiger partial charge in [-0.3, -0.25) is 0 Å². The highest BCUT2D eigenvalue weighted by atomic mass is 32.1. The molecule has 0 spiro atoms. The van der Waals surface area contributed by atoms with Gasteiger partial charge in [-0.2, -0.15) is 0 Å². The van der Waals surface area contributed by atoms with E-state index in [4.69, 9.17) is 0 Å². The lowest BCUT2D eigenvalue weighted by atomic mass is 9.65. The SMILES string of the molecule is CCc1ccc(CC(C)(C)C2CCC(C)CC2NC)s1. The summed E-state index contributed by atoms with van der Waals surface area (Å²) in [5, 5.41) is 3.60. The summed E-state index contributed by atoms with van der Waals surface area (Å²) in [5.74, 6) is 1.68. The molecule has 2 heteroatoms. The van der Waals surface area contributed by atoms with Crippen LogP contribution in [-0.2, 0) is 12.8 Å². The average molecular weight is 294 g/mol. The third-order valence-electron chi connectivity index (χ3n) is 5.18. The Bertz CT molecular complexity index is 421. The zero-order valence-electron chi connectivity index (χ0n) is 13.8. The van der Waals surface area contributed by atoms with Gasteiger partial charge in [-0.1, -0.05) is 34.1 Å². The van der Waals surface area contributed by atoms with Crippen LogP contribution in [0.3, 0.4) is 0 Å². The average Bonchev–Trinajstić information content (AvgIpc) is 2.85. The van der Waals surface area contributed by atoms with Gasteiger partial charge < -0.3 is 5.32 Å². The minimum atomic E-state index is 0.393. The molecule has 0 aromatic carbocycles. The Labute approximate surface area is 129 Å². The number of thiophene rings is 1. The van der Waals surface area contributed by atoms with E-state index in [-0.39, 0.29) is 0 Å². The van der Waals surface area contributed by atoms with Crippen molar-refractivity contribution < 1.29 is 0 Å². The van der Waals surface area contributed by atoms with Gasteiger partial charge in [-0.25, -0.2) is 0 Å². The van der Waals surface area contributed by atoms with Crippen LogP contribution < -0.4 is 5.32 Å². The first-order valence-electron chi connectivity index (χ1n) is 8.21. The van der Waals surface area contributed by atoms with Crippen molar-refractivity contribution in [2.24, 2.45) is 17.3 Å². The standard InChI is InChI=1S/C18H31NS/c1-6-14-8-9-15(20-14)12-18(3,4)16-10-7-13(2)11-17(16)19-5/h8-9,13,16-17,19H,6-7,10-12H2,1-5H3. The number of hydrogen-bond acceptors (Lipinski definition) is 2. The predicted molar refractivity (Wildman–Crippen MR) is 90.5 cm³/mol. The van der Waals surface area contributed by atoms with Gasteiger partial charge in [0, 0.05) is 15.8 Å². The van der Waals surface area contributed by atoms with Crippen LogP contribution in [0.5, 0.6) is 0 Å². The molecule has 3 unspecified atom stereocenters. The molecule has 1 saturated carbocycles. The van der Waals surface area contributed by atoms with Gasteiger partial charge in [-0.15, -0.1) is 11.3 Å². The van der Waals surface area contributed by atoms with E-state index < -0.39 is 0 Å². The molecule has 1 aromatic rings. The van der Waals surface area contributed by atoms with Crippen molar-refractivity contribution in [3.63, 3.8) is 0 Å². The molecular formula is C18H31NS. The summed E-state index contributed by atoms with van der Waals surface area (Å²) in [6, 6.07) is 5.36. The Morgan fingerprint density at radius 2 is 1.95 bits per heavy atom. The molecule has 114 valence electrons. The highest BCUT2D eigenvalue weighted by Gasteiger charge is 2.38. The summed E-state index contributed by atoms with van der Waals surface area (Å²) >= 11 is 2.01. The second kappa shape index (κ2) is 6.62. The Hall–Kier alpha value is -0.340. The quantitative estimate of drug-likeness (QED) is 0.814. The van der Waals surface area contributed by atoms with E-state index in [1.165, 1.54) is 37.0 Å². The smallest absolute Gasteiger partial charge is 0.0100 e. The number of aryl methyl sites for hydroxylation is 1. The van der Waals surface area contributed by atoms with E-state index in [1.807, 2.05) is 11.3 Å². The lowest BCUT2D eigenvalue weighted by molar-refractivity contribution is 0.0987. The molecule has 1 aliphatic carbocycles. The molecule has 1 fully saturated rings. The molecule has 3 atom stereocenters. The molecule has 1 nitrogen and oxygen atoms in total. The normalized spacial score (nSPS) is 27.8. The van der Waals surface area contributed by atoms with Gasteiger partial charge in [0.15, 0.2) is 0 Å². The van der Waals surface area contributed by atoms with Crippen LogP contribution in [0.15, 0.2) is 12.1 Å². The molecule has 0 bridgehead atoms. The third-order valence-corrected chi connectivity index (χ3v) is 6.41. The molecule has 0 aliphatic heterocycles. The molecule has 2 rings (SSSR count). The van der Waals surface area contributed by atoms with Gasteiger partial charge in [0.1, 0.15) is 0 Å². The van der Waals surface area contributed by atoms with Gasteiger partial charge >= 0.3 is 0 Å². The van der Waals surface area contributed by atoms with Gasteiger partial charge in [0.2, 0.25) is 0 Å². The lowest BCUT2D eigenvalue weighted by Gasteiger charge is -2.44. The van der Waals surface area contributed by atoms with Crippen LogP contribution in [0, 0.1) is 17.3 Å². The summed E-state index contributed by atoms with van der Waals surface area (Å²) in [7, 11) is 2.14. The monoisotopic (exact) mass is 293 g/mol. The zero-order valence-corrected chi connectivity index (χ0v) is 14.6. The topological polar surface area (TPSA) is 12.0 Å². The minimum absolute atomic E-state index is 0.393. The van der Waals surface area contributed by atoms with E-state index in [0.717, 1.165) is 11.8 Å². The fourth-order valence-electron chi connectivity index (χ4n) is 3.92. The molecule has 0 radical (unpaired) electrons. The van der Waals surface area contributed by atoms with Gasteiger partial charge in [0.25, 0.3) is 0 Å². The maximum Gasteiger partial charge on any atom is 0.0100 e. The Kier molecular flexibility index (Phi) is 5.30. The van der Waals surface area contributed by atoms with E-state index in [9.17, 15) is 0 Å². The number of rotatable bonds is 5. The van der Waals surface area contributed by atoms with E-state index in [2.05, 4.69) is 52.2 Å². The van der Waals surface area contributed by atoms with Crippen molar-refractivity contribution in [3.05, 3.63) is 21.9 Å². The Balaban J connectivity index is 2.07. The van der Waals surface area contributed by atoms with Crippen molar-refractivity contribution in [1.82, 2.24) is 5.32 Å². The third kappa shape index (κ3) is 3.65. The fraction of sp³-hybridized carbons (Fsp3) is 0.778. The van der Waals surface area contributed by atoms with Crippen molar-refractivity contribution in [2.45, 2.75) is 65.8 Å². The molecule has 0 saturated heterocycles. The van der Waals surface area contributed by atoms with Crippen LogP contribution >= 0.6 is 11.3 Å². The molecule has 1 N–H and O–H groups in total. The first-order valence-corrected chi connectivity index (χ1v) is 9.02. The van der Waals surface area contributed by atoms with E-state index in [0.29, 0.717) is 11.5 Å². The summed E-state index contributed by atoms with van der Waals surface area (Å²) < 4.78 is 0. The van der Waals surface area contributed by atoms with Crippen LogP contribution in [0.2, 0.25) is 0 Å². The molecule has 0 amide bonds. The van der Waals surface area contributed by atoms with Crippen LogP contribution in [0.1, 0.15) is 56.7 Å². The van der Waals surface area contributed by atoms with Crippen molar-refractivity contribution in [1.29, 1.82) is 0 Å². The maximum absolute atomic E-state index is 3.60. The highest BCUT2D eigenvalue weighted by Crippen LogP contribution is 2.43. The molecule has 1 heterocycles. The van der Waals surface area contributed by atoms with E-state index >= 15 is 0 Å². The van der Waals surface area contributed by atoms with E-state index in [1.54, 1.807) is 4.88 Å². The zero-order chi connectivity index (χ0) is 14.8.